The van der Waals surface area contributed by atoms with Crippen LogP contribution in [0.2, 0.25) is 5.02 Å². The molecule has 128 valence electrons. The van der Waals surface area contributed by atoms with E-state index in [0.29, 0.717) is 5.02 Å². The first-order chi connectivity index (χ1) is 11.4. The number of amides is 1. The van der Waals surface area contributed by atoms with Crippen LogP contribution in [-0.4, -0.2) is 27.4 Å². The molecule has 2 aromatic carbocycles. The van der Waals surface area contributed by atoms with Crippen LogP contribution in [-0.2, 0) is 21.2 Å². The summed E-state index contributed by atoms with van der Waals surface area (Å²) in [5.41, 5.74) is 1.72. The number of hydrogen-bond donors (Lipinski definition) is 2. The molecule has 0 saturated heterocycles. The van der Waals surface area contributed by atoms with Gasteiger partial charge in [-0.15, -0.1) is 0 Å². The molecule has 0 saturated carbocycles. The molecule has 24 heavy (non-hydrogen) atoms. The van der Waals surface area contributed by atoms with Crippen LogP contribution in [0.1, 0.15) is 11.1 Å². The molecular weight excluding hydrogens is 348 g/mol. The van der Waals surface area contributed by atoms with Crippen LogP contribution in [0, 0.1) is 6.92 Å². The second-order valence-electron chi connectivity index (χ2n) is 5.33. The zero-order valence-electron chi connectivity index (χ0n) is 13.3. The summed E-state index contributed by atoms with van der Waals surface area (Å²) in [5, 5.41) is 3.20. The largest absolute Gasteiger partial charge is 0.354 e. The molecule has 0 fully saturated rings. The van der Waals surface area contributed by atoms with E-state index in [9.17, 15) is 13.2 Å². The summed E-state index contributed by atoms with van der Waals surface area (Å²) in [6, 6.07) is 13.7. The van der Waals surface area contributed by atoms with Crippen molar-refractivity contribution in [2.45, 2.75) is 18.2 Å². The van der Waals surface area contributed by atoms with Crippen molar-refractivity contribution in [1.82, 2.24) is 10.0 Å². The summed E-state index contributed by atoms with van der Waals surface area (Å²) in [7, 11) is -3.56. The molecular formula is C17H19ClN2O3S. The lowest BCUT2D eigenvalue weighted by Crippen LogP contribution is -2.35. The van der Waals surface area contributed by atoms with Crippen LogP contribution in [0.15, 0.2) is 53.4 Å². The number of halogens is 1. The standard InChI is InChI=1S/C17H19ClN2O3S/c1-13-6-8-15(9-7-13)24(22,23)20-11-10-19-17(21)12-14-4-2-3-5-16(14)18/h2-9,20H,10-12H2,1H3,(H,19,21). The first-order valence-electron chi connectivity index (χ1n) is 7.45. The maximum atomic E-state index is 12.1. The van der Waals surface area contributed by atoms with Gasteiger partial charge in [-0.2, -0.15) is 0 Å². The van der Waals surface area contributed by atoms with Crippen LogP contribution in [0.3, 0.4) is 0 Å². The Bertz CT molecular complexity index is 805. The molecule has 0 aliphatic heterocycles. The van der Waals surface area contributed by atoms with Gasteiger partial charge in [-0.1, -0.05) is 47.5 Å². The van der Waals surface area contributed by atoms with Crippen LogP contribution in [0.4, 0.5) is 0 Å². The fourth-order valence-electron chi connectivity index (χ4n) is 2.07. The van der Waals surface area contributed by atoms with Crippen LogP contribution in [0.5, 0.6) is 0 Å². The van der Waals surface area contributed by atoms with Gasteiger partial charge in [0.1, 0.15) is 0 Å². The molecule has 0 heterocycles. The first-order valence-corrected chi connectivity index (χ1v) is 9.31. The highest BCUT2D eigenvalue weighted by Crippen LogP contribution is 2.15. The molecule has 0 atom stereocenters. The summed E-state index contributed by atoms with van der Waals surface area (Å²) in [6.45, 7) is 2.21. The Morgan fingerprint density at radius 2 is 1.71 bits per heavy atom. The highest BCUT2D eigenvalue weighted by atomic mass is 35.5. The van der Waals surface area contributed by atoms with Gasteiger partial charge in [-0.3, -0.25) is 4.79 Å². The molecule has 0 radical (unpaired) electrons. The third-order valence-corrected chi connectivity index (χ3v) is 5.23. The molecule has 0 bridgehead atoms. The van der Waals surface area contributed by atoms with E-state index in [4.69, 9.17) is 11.6 Å². The SMILES string of the molecule is Cc1ccc(S(=O)(=O)NCCNC(=O)Cc2ccccc2Cl)cc1. The lowest BCUT2D eigenvalue weighted by molar-refractivity contribution is -0.120. The summed E-state index contributed by atoms with van der Waals surface area (Å²) >= 11 is 6.00. The van der Waals surface area contributed by atoms with Gasteiger partial charge in [0.25, 0.3) is 0 Å². The molecule has 0 spiro atoms. The number of rotatable bonds is 7. The minimum atomic E-state index is -3.56. The monoisotopic (exact) mass is 366 g/mol. The van der Waals surface area contributed by atoms with Crippen LogP contribution < -0.4 is 10.0 Å². The summed E-state index contributed by atoms with van der Waals surface area (Å²) in [5.74, 6) is -0.211. The Morgan fingerprint density at radius 3 is 2.38 bits per heavy atom. The Hall–Kier alpha value is -1.89. The normalized spacial score (nSPS) is 11.2. The quantitative estimate of drug-likeness (QED) is 0.738. The van der Waals surface area contributed by atoms with E-state index in [1.165, 1.54) is 0 Å². The van der Waals surface area contributed by atoms with Gasteiger partial charge in [0.2, 0.25) is 15.9 Å². The van der Waals surface area contributed by atoms with E-state index < -0.39 is 10.0 Å². The molecule has 0 aliphatic carbocycles. The molecule has 5 nitrogen and oxygen atoms in total. The van der Waals surface area contributed by atoms with Crippen molar-refractivity contribution in [3.8, 4) is 0 Å². The van der Waals surface area contributed by atoms with Crippen molar-refractivity contribution in [1.29, 1.82) is 0 Å². The van der Waals surface area contributed by atoms with Crippen LogP contribution in [0.25, 0.3) is 0 Å². The molecule has 2 N–H and O–H groups in total. The molecule has 7 heteroatoms. The van der Waals surface area contributed by atoms with E-state index >= 15 is 0 Å². The molecule has 2 rings (SSSR count). The molecule has 1 amide bonds. The fraction of sp³-hybridized carbons (Fsp3) is 0.235. The first kappa shape index (κ1) is 18.4. The van der Waals surface area contributed by atoms with E-state index in [1.807, 2.05) is 13.0 Å². The summed E-state index contributed by atoms with van der Waals surface area (Å²) in [4.78, 5) is 12.1. The number of benzene rings is 2. The maximum Gasteiger partial charge on any atom is 0.240 e. The Morgan fingerprint density at radius 1 is 1.04 bits per heavy atom. The van der Waals surface area contributed by atoms with E-state index in [-0.39, 0.29) is 30.3 Å². The molecule has 0 aliphatic rings. The number of aryl methyl sites for hydroxylation is 1. The van der Waals surface area contributed by atoms with E-state index in [1.54, 1.807) is 42.5 Å². The minimum Gasteiger partial charge on any atom is -0.354 e. The average molecular weight is 367 g/mol. The van der Waals surface area contributed by atoms with Crippen molar-refractivity contribution < 1.29 is 13.2 Å². The van der Waals surface area contributed by atoms with E-state index in [0.717, 1.165) is 11.1 Å². The predicted molar refractivity (Wildman–Crippen MR) is 94.5 cm³/mol. The fourth-order valence-corrected chi connectivity index (χ4v) is 3.30. The zero-order chi connectivity index (χ0) is 17.6. The van der Waals surface area contributed by atoms with Gasteiger partial charge < -0.3 is 5.32 Å². The van der Waals surface area contributed by atoms with Gasteiger partial charge >= 0.3 is 0 Å². The molecule has 0 unspecified atom stereocenters. The molecule has 0 aromatic heterocycles. The third-order valence-electron chi connectivity index (χ3n) is 3.38. The summed E-state index contributed by atoms with van der Waals surface area (Å²) < 4.78 is 26.6. The highest BCUT2D eigenvalue weighted by molar-refractivity contribution is 7.89. The lowest BCUT2D eigenvalue weighted by Gasteiger charge is -2.09. The second kappa shape index (κ2) is 8.28. The maximum absolute atomic E-state index is 12.1. The van der Waals surface area contributed by atoms with Gasteiger partial charge in [0, 0.05) is 18.1 Å². The Labute approximate surface area is 147 Å². The number of nitrogens with one attached hydrogen (secondary N) is 2. The van der Waals surface area contributed by atoms with Gasteiger partial charge in [0.15, 0.2) is 0 Å². The number of carbonyl (C=O) groups excluding carboxylic acids is 1. The Balaban J connectivity index is 1.79. The average Bonchev–Trinajstić information content (AvgIpc) is 2.54. The van der Waals surface area contributed by atoms with Gasteiger partial charge in [-0.25, -0.2) is 13.1 Å². The minimum absolute atomic E-state index is 0.116. The van der Waals surface area contributed by atoms with Crippen molar-refractivity contribution >= 4 is 27.5 Å². The van der Waals surface area contributed by atoms with Gasteiger partial charge in [0.05, 0.1) is 11.3 Å². The predicted octanol–water partition coefficient (Wildman–Crippen LogP) is 2.29. The zero-order valence-corrected chi connectivity index (χ0v) is 14.8. The summed E-state index contributed by atoms with van der Waals surface area (Å²) in [6.07, 6.45) is 0.157. The number of carbonyl (C=O) groups is 1. The lowest BCUT2D eigenvalue weighted by atomic mass is 10.1. The van der Waals surface area contributed by atoms with Crippen molar-refractivity contribution in [2.24, 2.45) is 0 Å². The Kier molecular flexibility index (Phi) is 6.36. The topological polar surface area (TPSA) is 75.3 Å². The highest BCUT2D eigenvalue weighted by Gasteiger charge is 2.13. The van der Waals surface area contributed by atoms with Crippen LogP contribution >= 0.6 is 11.6 Å². The number of sulfonamides is 1. The second-order valence-corrected chi connectivity index (χ2v) is 7.50. The van der Waals surface area contributed by atoms with Crippen molar-refractivity contribution in [3.63, 3.8) is 0 Å². The van der Waals surface area contributed by atoms with Crippen molar-refractivity contribution in [3.05, 3.63) is 64.7 Å². The van der Waals surface area contributed by atoms with Gasteiger partial charge in [-0.05, 0) is 30.7 Å². The third kappa shape index (κ3) is 5.33. The van der Waals surface area contributed by atoms with Crippen molar-refractivity contribution in [2.75, 3.05) is 13.1 Å². The number of hydrogen-bond acceptors (Lipinski definition) is 3. The van der Waals surface area contributed by atoms with E-state index in [2.05, 4.69) is 10.0 Å². The smallest absolute Gasteiger partial charge is 0.240 e. The molecule has 2 aromatic rings.